The van der Waals surface area contributed by atoms with Crippen LogP contribution in [-0.4, -0.2) is 31.6 Å². The van der Waals surface area contributed by atoms with Gasteiger partial charge in [-0.3, -0.25) is 10.3 Å². The summed E-state index contributed by atoms with van der Waals surface area (Å²) in [5.74, 6) is 0.500. The zero-order valence-electron chi connectivity index (χ0n) is 12.1. The van der Waals surface area contributed by atoms with Gasteiger partial charge in [0, 0.05) is 18.3 Å². The number of nitrogens with one attached hydrogen (secondary N) is 1. The highest BCUT2D eigenvalue weighted by Crippen LogP contribution is 2.28. The van der Waals surface area contributed by atoms with Crippen LogP contribution in [-0.2, 0) is 4.74 Å². The largest absolute Gasteiger partial charge is 0.486 e. The molecule has 0 aliphatic carbocycles. The van der Waals surface area contributed by atoms with Gasteiger partial charge < -0.3 is 9.47 Å². The molecule has 0 heterocycles. The molecule has 0 aliphatic rings. The molecule has 1 rings (SSSR count). The van der Waals surface area contributed by atoms with E-state index in [9.17, 15) is 4.79 Å². The molecule has 0 saturated heterocycles. The normalized spacial score (nSPS) is 11.4. The number of halogens is 1. The fourth-order valence-electron chi connectivity index (χ4n) is 1.34. The highest BCUT2D eigenvalue weighted by molar-refractivity contribution is 6.31. The molecule has 0 bridgehead atoms. The molecule has 0 aromatic heterocycles. The van der Waals surface area contributed by atoms with Crippen molar-refractivity contribution in [3.63, 3.8) is 0 Å². The van der Waals surface area contributed by atoms with Crippen LogP contribution in [0.3, 0.4) is 0 Å². The number of benzene rings is 1. The lowest BCUT2D eigenvalue weighted by atomic mass is 10.2. The Morgan fingerprint density at radius 1 is 1.45 bits per heavy atom. The Balaban J connectivity index is 2.81. The number of ether oxygens (including phenoxy) is 2. The zero-order valence-corrected chi connectivity index (χ0v) is 12.8. The van der Waals surface area contributed by atoms with E-state index in [1.807, 2.05) is 0 Å². The van der Waals surface area contributed by atoms with Gasteiger partial charge in [-0.1, -0.05) is 11.6 Å². The van der Waals surface area contributed by atoms with Crippen molar-refractivity contribution in [2.24, 2.45) is 4.99 Å². The maximum Gasteiger partial charge on any atom is 0.412 e. The zero-order chi connectivity index (χ0) is 15.2. The van der Waals surface area contributed by atoms with Crippen LogP contribution in [0.5, 0.6) is 5.75 Å². The summed E-state index contributed by atoms with van der Waals surface area (Å²) in [5.41, 5.74) is -0.116. The number of rotatable bonds is 4. The summed E-state index contributed by atoms with van der Waals surface area (Å²) in [7, 11) is 1.66. The first kappa shape index (κ1) is 16.3. The minimum Gasteiger partial charge on any atom is -0.486 e. The minimum atomic E-state index is -0.571. The van der Waals surface area contributed by atoms with Gasteiger partial charge in [0.25, 0.3) is 0 Å². The molecule has 20 heavy (non-hydrogen) atoms. The van der Waals surface area contributed by atoms with Crippen molar-refractivity contribution in [3.05, 3.63) is 23.2 Å². The fraction of sp³-hybridized carbons (Fsp3) is 0.429. The van der Waals surface area contributed by atoms with Gasteiger partial charge in [-0.2, -0.15) is 0 Å². The van der Waals surface area contributed by atoms with Gasteiger partial charge in [-0.05, 0) is 39.0 Å². The maximum absolute atomic E-state index is 11.8. The van der Waals surface area contributed by atoms with E-state index in [4.69, 9.17) is 21.1 Å². The van der Waals surface area contributed by atoms with Gasteiger partial charge in [0.15, 0.2) is 0 Å². The first-order chi connectivity index (χ1) is 9.31. The predicted molar refractivity (Wildman–Crippen MR) is 81.2 cm³/mol. The lowest BCUT2D eigenvalue weighted by Crippen LogP contribution is -2.27. The van der Waals surface area contributed by atoms with Gasteiger partial charge in [0.2, 0.25) is 0 Å². The second-order valence-corrected chi connectivity index (χ2v) is 5.46. The molecule has 1 N–H and O–H groups in total. The van der Waals surface area contributed by atoms with Crippen LogP contribution in [0.4, 0.5) is 10.5 Å². The van der Waals surface area contributed by atoms with Crippen molar-refractivity contribution in [1.29, 1.82) is 0 Å². The van der Waals surface area contributed by atoms with Gasteiger partial charge in [0.1, 0.15) is 18.0 Å². The number of anilines is 1. The van der Waals surface area contributed by atoms with Gasteiger partial charge >= 0.3 is 6.09 Å². The molecule has 110 valence electrons. The maximum atomic E-state index is 11.8. The number of aliphatic imine (C=N–C) groups is 1. The smallest absolute Gasteiger partial charge is 0.412 e. The van der Waals surface area contributed by atoms with Crippen LogP contribution in [0.15, 0.2) is 23.2 Å². The number of carbonyl (C=O) groups excluding carboxylic acids is 1. The van der Waals surface area contributed by atoms with Crippen molar-refractivity contribution in [2.75, 3.05) is 19.0 Å². The van der Waals surface area contributed by atoms with E-state index < -0.39 is 11.7 Å². The number of nitrogens with zero attached hydrogens (tertiary/aromatic N) is 1. The number of amides is 1. The summed E-state index contributed by atoms with van der Waals surface area (Å²) < 4.78 is 10.7. The average Bonchev–Trinajstić information content (AvgIpc) is 2.29. The second-order valence-electron chi connectivity index (χ2n) is 5.02. The van der Waals surface area contributed by atoms with Gasteiger partial charge in [-0.25, -0.2) is 4.79 Å². The summed E-state index contributed by atoms with van der Waals surface area (Å²) in [6, 6.07) is 4.96. The first-order valence-electron chi connectivity index (χ1n) is 6.15. The molecule has 0 spiro atoms. The molecule has 1 aromatic carbocycles. The lowest BCUT2D eigenvalue weighted by molar-refractivity contribution is 0.0635. The molecule has 6 heteroatoms. The van der Waals surface area contributed by atoms with Crippen LogP contribution in [0.1, 0.15) is 20.8 Å². The third-order valence-electron chi connectivity index (χ3n) is 2.07. The second kappa shape index (κ2) is 7.14. The van der Waals surface area contributed by atoms with Crippen LogP contribution in [0, 0.1) is 0 Å². The Morgan fingerprint density at radius 3 is 2.75 bits per heavy atom. The van der Waals surface area contributed by atoms with E-state index in [1.165, 1.54) is 0 Å². The van der Waals surface area contributed by atoms with Gasteiger partial charge in [-0.15, -0.1) is 0 Å². The Bertz CT molecular complexity index is 496. The number of carbonyl (C=O) groups is 1. The molecule has 0 aliphatic heterocycles. The predicted octanol–water partition coefficient (Wildman–Crippen LogP) is 3.77. The van der Waals surface area contributed by atoms with E-state index in [2.05, 4.69) is 10.3 Å². The molecule has 0 radical (unpaired) electrons. The summed E-state index contributed by atoms with van der Waals surface area (Å²) in [5, 5.41) is 3.11. The van der Waals surface area contributed by atoms with Crippen molar-refractivity contribution in [1.82, 2.24) is 0 Å². The summed E-state index contributed by atoms with van der Waals surface area (Å²) in [6.07, 6.45) is 1.06. The van der Waals surface area contributed by atoms with Crippen molar-refractivity contribution >= 4 is 29.6 Å². The van der Waals surface area contributed by atoms with Crippen LogP contribution < -0.4 is 10.1 Å². The topological polar surface area (TPSA) is 59.9 Å². The molecule has 0 atom stereocenters. The van der Waals surface area contributed by atoms with E-state index in [-0.39, 0.29) is 0 Å². The highest BCUT2D eigenvalue weighted by Gasteiger charge is 2.17. The highest BCUT2D eigenvalue weighted by atomic mass is 35.5. The Kier molecular flexibility index (Phi) is 5.82. The van der Waals surface area contributed by atoms with Crippen LogP contribution in [0.25, 0.3) is 0 Å². The summed E-state index contributed by atoms with van der Waals surface area (Å²) >= 11 is 5.92. The van der Waals surface area contributed by atoms with Crippen LogP contribution >= 0.6 is 11.6 Å². The third-order valence-corrected chi connectivity index (χ3v) is 2.31. The molecule has 5 nitrogen and oxygen atoms in total. The first-order valence-corrected chi connectivity index (χ1v) is 6.52. The quantitative estimate of drug-likeness (QED) is 0.861. The number of hydrogen-bond donors (Lipinski definition) is 1. The van der Waals surface area contributed by atoms with E-state index in [1.54, 1.807) is 52.2 Å². The van der Waals surface area contributed by atoms with Crippen molar-refractivity contribution in [2.45, 2.75) is 26.4 Å². The Hall–Kier alpha value is -1.75. The molecule has 0 fully saturated rings. The SMILES string of the molecule is CN=CCOc1ccc(Cl)cc1NC(=O)OC(C)(C)C. The number of hydrogen-bond acceptors (Lipinski definition) is 4. The van der Waals surface area contributed by atoms with E-state index in [0.29, 0.717) is 23.1 Å². The molecule has 1 aromatic rings. The van der Waals surface area contributed by atoms with Crippen molar-refractivity contribution < 1.29 is 14.3 Å². The molecular weight excluding hydrogens is 280 g/mol. The Morgan fingerprint density at radius 2 is 2.15 bits per heavy atom. The average molecular weight is 299 g/mol. The van der Waals surface area contributed by atoms with Crippen LogP contribution in [0.2, 0.25) is 5.02 Å². The molecule has 0 unspecified atom stereocenters. The van der Waals surface area contributed by atoms with Gasteiger partial charge in [0.05, 0.1) is 5.69 Å². The molecule has 0 saturated carbocycles. The van der Waals surface area contributed by atoms with E-state index in [0.717, 1.165) is 0 Å². The fourth-order valence-corrected chi connectivity index (χ4v) is 1.51. The lowest BCUT2D eigenvalue weighted by Gasteiger charge is -2.20. The Labute approximate surface area is 123 Å². The standard InChI is InChI=1S/C14H19ClN2O3/c1-14(2,3)20-13(18)17-11-9-10(15)5-6-12(11)19-8-7-16-4/h5-7,9H,8H2,1-4H3,(H,17,18). The monoisotopic (exact) mass is 298 g/mol. The molecular formula is C14H19ClN2O3. The minimum absolute atomic E-state index is 0.307. The van der Waals surface area contributed by atoms with Crippen molar-refractivity contribution in [3.8, 4) is 5.75 Å². The third kappa shape index (κ3) is 5.93. The summed E-state index contributed by atoms with van der Waals surface area (Å²) in [4.78, 5) is 15.6. The summed E-state index contributed by atoms with van der Waals surface area (Å²) in [6.45, 7) is 5.68. The molecule has 1 amide bonds. The van der Waals surface area contributed by atoms with E-state index >= 15 is 0 Å².